The summed E-state index contributed by atoms with van der Waals surface area (Å²) in [5, 5.41) is 9.35. The van der Waals surface area contributed by atoms with Crippen LogP contribution in [0.5, 0.6) is 0 Å². The van der Waals surface area contributed by atoms with E-state index in [1.54, 1.807) is 0 Å². The van der Waals surface area contributed by atoms with Gasteiger partial charge in [0.1, 0.15) is 5.69 Å². The number of alkyl halides is 3. The normalized spacial score (nSPS) is 11.7. The summed E-state index contributed by atoms with van der Waals surface area (Å²) in [6.07, 6.45) is -3.30. The summed E-state index contributed by atoms with van der Waals surface area (Å²) < 4.78 is 37.2. The van der Waals surface area contributed by atoms with Crippen molar-refractivity contribution >= 4 is 16.7 Å². The first-order valence-electron chi connectivity index (χ1n) is 4.58. The number of carboxylic acids is 1. The van der Waals surface area contributed by atoms with Crippen LogP contribution in [0.15, 0.2) is 30.5 Å². The van der Waals surface area contributed by atoms with Gasteiger partial charge in [-0.15, -0.1) is 0 Å². The first kappa shape index (κ1) is 11.4. The molecule has 0 radical (unpaired) electrons. The Morgan fingerprint density at radius 1 is 1.18 bits per heavy atom. The van der Waals surface area contributed by atoms with E-state index in [9.17, 15) is 18.0 Å². The van der Waals surface area contributed by atoms with Crippen LogP contribution in [-0.4, -0.2) is 16.1 Å². The molecule has 0 spiro atoms. The molecule has 0 saturated carbocycles. The number of carboxylic acid groups (broad SMARTS) is 1. The molecule has 0 saturated heterocycles. The molecule has 0 aliphatic rings. The quantitative estimate of drug-likeness (QED) is 0.835. The third-order valence-corrected chi connectivity index (χ3v) is 2.27. The number of hydrogen-bond acceptors (Lipinski definition) is 2. The zero-order valence-corrected chi connectivity index (χ0v) is 8.32. The van der Waals surface area contributed by atoms with Crippen LogP contribution in [0, 0.1) is 0 Å². The second-order valence-electron chi connectivity index (χ2n) is 3.43. The van der Waals surface area contributed by atoms with Crippen LogP contribution in [0.1, 0.15) is 16.1 Å². The van der Waals surface area contributed by atoms with E-state index >= 15 is 0 Å². The summed E-state index contributed by atoms with van der Waals surface area (Å²) in [6, 6.07) is 4.31. The molecule has 17 heavy (non-hydrogen) atoms. The van der Waals surface area contributed by atoms with Crippen LogP contribution in [0.25, 0.3) is 10.8 Å². The Kier molecular flexibility index (Phi) is 2.49. The zero-order valence-electron chi connectivity index (χ0n) is 8.32. The highest BCUT2D eigenvalue weighted by Crippen LogP contribution is 2.31. The number of rotatable bonds is 1. The van der Waals surface area contributed by atoms with Gasteiger partial charge < -0.3 is 5.11 Å². The van der Waals surface area contributed by atoms with E-state index in [2.05, 4.69) is 4.98 Å². The molecule has 0 aliphatic heterocycles. The fourth-order valence-electron chi connectivity index (χ4n) is 1.43. The van der Waals surface area contributed by atoms with Crippen LogP contribution >= 0.6 is 0 Å². The van der Waals surface area contributed by atoms with Gasteiger partial charge in [-0.1, -0.05) is 6.07 Å². The number of pyridine rings is 1. The maximum Gasteiger partial charge on any atom is 0.416 e. The molecule has 2 aromatic rings. The third kappa shape index (κ3) is 2.20. The predicted octanol–water partition coefficient (Wildman–Crippen LogP) is 2.95. The van der Waals surface area contributed by atoms with E-state index in [0.717, 1.165) is 18.3 Å². The molecule has 0 atom stereocenters. The second-order valence-corrected chi connectivity index (χ2v) is 3.43. The van der Waals surface area contributed by atoms with Crippen LogP contribution in [0.2, 0.25) is 0 Å². The Morgan fingerprint density at radius 2 is 1.88 bits per heavy atom. The van der Waals surface area contributed by atoms with E-state index in [1.807, 2.05) is 0 Å². The SMILES string of the molecule is O=C(O)c1cc2ccc(C(F)(F)F)cc2cn1. The molecule has 0 aliphatic carbocycles. The van der Waals surface area contributed by atoms with E-state index in [-0.39, 0.29) is 11.1 Å². The molecule has 0 bridgehead atoms. The Labute approximate surface area is 93.5 Å². The molecule has 1 aromatic carbocycles. The van der Waals surface area contributed by atoms with Gasteiger partial charge >= 0.3 is 12.1 Å². The lowest BCUT2D eigenvalue weighted by Gasteiger charge is -2.07. The fourth-order valence-corrected chi connectivity index (χ4v) is 1.43. The Bertz CT molecular complexity index is 593. The topological polar surface area (TPSA) is 50.2 Å². The van der Waals surface area contributed by atoms with Gasteiger partial charge in [-0.05, 0) is 23.6 Å². The summed E-state index contributed by atoms with van der Waals surface area (Å²) in [7, 11) is 0. The van der Waals surface area contributed by atoms with E-state index in [0.29, 0.717) is 5.39 Å². The Morgan fingerprint density at radius 3 is 2.47 bits per heavy atom. The molecular formula is C11H6F3NO2. The molecule has 2 rings (SSSR count). The standard InChI is InChI=1S/C11H6F3NO2/c12-11(13,14)8-2-1-6-4-9(10(16)17)15-5-7(6)3-8/h1-5H,(H,16,17). The molecular weight excluding hydrogens is 235 g/mol. The fraction of sp³-hybridized carbons (Fsp3) is 0.0909. The van der Waals surface area contributed by atoms with Crippen LogP contribution < -0.4 is 0 Å². The smallest absolute Gasteiger partial charge is 0.416 e. The van der Waals surface area contributed by atoms with Crippen molar-refractivity contribution in [3.63, 3.8) is 0 Å². The maximum atomic E-state index is 12.4. The summed E-state index contributed by atoms with van der Waals surface area (Å²) >= 11 is 0. The average molecular weight is 241 g/mol. The van der Waals surface area contributed by atoms with Gasteiger partial charge in [-0.3, -0.25) is 0 Å². The van der Waals surface area contributed by atoms with Gasteiger partial charge in [-0.25, -0.2) is 9.78 Å². The van der Waals surface area contributed by atoms with Crippen molar-refractivity contribution in [3.8, 4) is 0 Å². The summed E-state index contributed by atoms with van der Waals surface area (Å²) in [4.78, 5) is 14.2. The lowest BCUT2D eigenvalue weighted by atomic mass is 10.1. The monoisotopic (exact) mass is 241 g/mol. The highest BCUT2D eigenvalue weighted by Gasteiger charge is 2.30. The molecule has 0 unspecified atom stereocenters. The zero-order chi connectivity index (χ0) is 12.6. The number of aromatic nitrogens is 1. The van der Waals surface area contributed by atoms with Crippen LogP contribution in [-0.2, 0) is 6.18 Å². The average Bonchev–Trinajstić information content (AvgIpc) is 2.26. The highest BCUT2D eigenvalue weighted by molar-refractivity contribution is 5.92. The number of hydrogen-bond donors (Lipinski definition) is 1. The minimum Gasteiger partial charge on any atom is -0.477 e. The molecule has 1 N–H and O–H groups in total. The number of fused-ring (bicyclic) bond motifs is 1. The van der Waals surface area contributed by atoms with E-state index in [4.69, 9.17) is 5.11 Å². The van der Waals surface area contributed by atoms with Crippen LogP contribution in [0.4, 0.5) is 13.2 Å². The van der Waals surface area contributed by atoms with Gasteiger partial charge in [0.25, 0.3) is 0 Å². The van der Waals surface area contributed by atoms with Gasteiger partial charge in [-0.2, -0.15) is 13.2 Å². The molecule has 0 amide bonds. The van der Waals surface area contributed by atoms with Crippen molar-refractivity contribution in [1.29, 1.82) is 0 Å². The van der Waals surface area contributed by atoms with E-state index < -0.39 is 17.7 Å². The molecule has 0 fully saturated rings. The van der Waals surface area contributed by atoms with Gasteiger partial charge in [0.05, 0.1) is 5.56 Å². The van der Waals surface area contributed by atoms with Crippen molar-refractivity contribution < 1.29 is 23.1 Å². The van der Waals surface area contributed by atoms with Crippen molar-refractivity contribution in [2.24, 2.45) is 0 Å². The highest BCUT2D eigenvalue weighted by atomic mass is 19.4. The van der Waals surface area contributed by atoms with Crippen molar-refractivity contribution in [1.82, 2.24) is 4.98 Å². The van der Waals surface area contributed by atoms with Crippen molar-refractivity contribution in [3.05, 3.63) is 41.7 Å². The molecule has 3 nitrogen and oxygen atoms in total. The van der Waals surface area contributed by atoms with Crippen molar-refractivity contribution in [2.45, 2.75) is 6.18 Å². The lowest BCUT2D eigenvalue weighted by molar-refractivity contribution is -0.137. The second kappa shape index (κ2) is 3.73. The lowest BCUT2D eigenvalue weighted by Crippen LogP contribution is -2.05. The van der Waals surface area contributed by atoms with E-state index in [1.165, 1.54) is 12.1 Å². The first-order valence-corrected chi connectivity index (χ1v) is 4.58. The molecule has 1 aromatic heterocycles. The van der Waals surface area contributed by atoms with Gasteiger partial charge in [0, 0.05) is 11.6 Å². The number of halogens is 3. The number of benzene rings is 1. The minimum absolute atomic E-state index is 0.197. The van der Waals surface area contributed by atoms with Gasteiger partial charge in [0.2, 0.25) is 0 Å². The largest absolute Gasteiger partial charge is 0.477 e. The predicted molar refractivity (Wildman–Crippen MR) is 53.7 cm³/mol. The number of nitrogens with zero attached hydrogens (tertiary/aromatic N) is 1. The minimum atomic E-state index is -4.42. The Balaban J connectivity index is 2.58. The number of carbonyl (C=O) groups is 1. The molecule has 88 valence electrons. The van der Waals surface area contributed by atoms with Crippen molar-refractivity contribution in [2.75, 3.05) is 0 Å². The molecule has 6 heteroatoms. The Hall–Kier alpha value is -2.11. The summed E-state index contributed by atoms with van der Waals surface area (Å²) in [5.74, 6) is -1.22. The van der Waals surface area contributed by atoms with Crippen LogP contribution in [0.3, 0.4) is 0 Å². The summed E-state index contributed by atoms with van der Waals surface area (Å²) in [6.45, 7) is 0. The number of aromatic carboxylic acids is 1. The molecule has 1 heterocycles. The van der Waals surface area contributed by atoms with Gasteiger partial charge in [0.15, 0.2) is 0 Å². The first-order chi connectivity index (χ1) is 7.88. The third-order valence-electron chi connectivity index (χ3n) is 2.27. The summed E-state index contributed by atoms with van der Waals surface area (Å²) in [5.41, 5.74) is -0.980. The maximum absolute atomic E-state index is 12.4.